The van der Waals surface area contributed by atoms with Crippen LogP contribution in [0.25, 0.3) is 22.4 Å². The third-order valence-electron chi connectivity index (χ3n) is 2.41. The largest absolute Gasteiger partial charge is 0.265 e. The normalized spacial score (nSPS) is 10.8. The van der Waals surface area contributed by atoms with Crippen LogP contribution in [-0.2, 0) is 7.05 Å². The standard InChI is InChI=1S/C11H9N5/c1-16-11-9(7-14-16)6-13-10(15-11)8-2-4-12-5-3-8/h2-7H,1H3. The summed E-state index contributed by atoms with van der Waals surface area (Å²) in [6.45, 7) is 0. The molecule has 0 bridgehead atoms. The van der Waals surface area contributed by atoms with Crippen LogP contribution in [0.1, 0.15) is 0 Å². The van der Waals surface area contributed by atoms with Crippen molar-refractivity contribution in [2.75, 3.05) is 0 Å². The molecule has 0 fully saturated rings. The number of aryl methyl sites for hydroxylation is 1. The molecule has 0 aliphatic rings. The Morgan fingerprint density at radius 3 is 2.75 bits per heavy atom. The summed E-state index contributed by atoms with van der Waals surface area (Å²) in [6.07, 6.45) is 7.00. The minimum Gasteiger partial charge on any atom is -0.265 e. The Labute approximate surface area is 91.8 Å². The monoisotopic (exact) mass is 211 g/mol. The zero-order valence-electron chi connectivity index (χ0n) is 8.70. The molecule has 0 saturated carbocycles. The van der Waals surface area contributed by atoms with Crippen molar-refractivity contribution in [2.24, 2.45) is 7.05 Å². The molecule has 0 atom stereocenters. The highest BCUT2D eigenvalue weighted by molar-refractivity contribution is 5.75. The molecule has 0 spiro atoms. The summed E-state index contributed by atoms with van der Waals surface area (Å²) >= 11 is 0. The molecule has 0 aromatic carbocycles. The zero-order chi connectivity index (χ0) is 11.0. The van der Waals surface area contributed by atoms with Gasteiger partial charge in [0.2, 0.25) is 0 Å². The maximum Gasteiger partial charge on any atom is 0.161 e. The predicted molar refractivity (Wildman–Crippen MR) is 59.5 cm³/mol. The highest BCUT2D eigenvalue weighted by Gasteiger charge is 2.05. The third kappa shape index (κ3) is 1.33. The molecule has 3 rings (SSSR count). The number of nitrogens with zero attached hydrogens (tertiary/aromatic N) is 5. The van der Waals surface area contributed by atoms with E-state index in [9.17, 15) is 0 Å². The quantitative estimate of drug-likeness (QED) is 0.611. The van der Waals surface area contributed by atoms with Crippen molar-refractivity contribution in [2.45, 2.75) is 0 Å². The van der Waals surface area contributed by atoms with Gasteiger partial charge in [0, 0.05) is 31.2 Å². The van der Waals surface area contributed by atoms with E-state index in [1.807, 2.05) is 19.2 Å². The zero-order valence-corrected chi connectivity index (χ0v) is 8.70. The maximum atomic E-state index is 4.47. The first kappa shape index (κ1) is 8.96. The molecule has 0 radical (unpaired) electrons. The molecule has 3 aromatic rings. The van der Waals surface area contributed by atoms with Gasteiger partial charge in [-0.2, -0.15) is 5.10 Å². The van der Waals surface area contributed by atoms with Crippen LogP contribution in [0.3, 0.4) is 0 Å². The van der Waals surface area contributed by atoms with Gasteiger partial charge < -0.3 is 0 Å². The first-order valence-electron chi connectivity index (χ1n) is 4.90. The summed E-state index contributed by atoms with van der Waals surface area (Å²) in [5.74, 6) is 0.693. The smallest absolute Gasteiger partial charge is 0.161 e. The van der Waals surface area contributed by atoms with Crippen molar-refractivity contribution < 1.29 is 0 Å². The fraction of sp³-hybridized carbons (Fsp3) is 0.0909. The summed E-state index contributed by atoms with van der Waals surface area (Å²) in [7, 11) is 1.87. The number of hydrogen-bond acceptors (Lipinski definition) is 4. The van der Waals surface area contributed by atoms with Crippen LogP contribution >= 0.6 is 0 Å². The van der Waals surface area contributed by atoms with Gasteiger partial charge in [0.05, 0.1) is 11.6 Å². The Morgan fingerprint density at radius 1 is 1.12 bits per heavy atom. The van der Waals surface area contributed by atoms with E-state index in [0.29, 0.717) is 5.82 Å². The summed E-state index contributed by atoms with van der Waals surface area (Å²) in [5.41, 5.74) is 1.79. The van der Waals surface area contributed by atoms with E-state index in [2.05, 4.69) is 20.1 Å². The van der Waals surface area contributed by atoms with E-state index >= 15 is 0 Å². The van der Waals surface area contributed by atoms with E-state index in [1.54, 1.807) is 29.5 Å². The second kappa shape index (κ2) is 3.37. The average molecular weight is 211 g/mol. The highest BCUT2D eigenvalue weighted by atomic mass is 15.3. The van der Waals surface area contributed by atoms with Crippen molar-refractivity contribution in [3.8, 4) is 11.4 Å². The van der Waals surface area contributed by atoms with E-state index < -0.39 is 0 Å². The summed E-state index contributed by atoms with van der Waals surface area (Å²) in [5, 5.41) is 5.08. The van der Waals surface area contributed by atoms with E-state index in [1.165, 1.54) is 0 Å². The number of rotatable bonds is 1. The van der Waals surface area contributed by atoms with E-state index in [4.69, 9.17) is 0 Å². The van der Waals surface area contributed by atoms with Crippen LogP contribution < -0.4 is 0 Å². The van der Waals surface area contributed by atoms with Crippen molar-refractivity contribution in [1.82, 2.24) is 24.7 Å². The molecule has 0 saturated heterocycles. The Bertz CT molecular complexity index is 629. The lowest BCUT2D eigenvalue weighted by atomic mass is 10.2. The molecular formula is C11H9N5. The van der Waals surface area contributed by atoms with Crippen LogP contribution in [0.15, 0.2) is 36.9 Å². The SMILES string of the molecule is Cn1ncc2cnc(-c3ccncc3)nc21. The highest BCUT2D eigenvalue weighted by Crippen LogP contribution is 2.16. The maximum absolute atomic E-state index is 4.47. The number of hydrogen-bond donors (Lipinski definition) is 0. The van der Waals surface area contributed by atoms with Gasteiger partial charge in [-0.05, 0) is 12.1 Å². The molecule has 0 N–H and O–H groups in total. The summed E-state index contributed by atoms with van der Waals surface area (Å²) < 4.78 is 1.74. The number of pyridine rings is 1. The molecule has 3 aromatic heterocycles. The molecule has 3 heterocycles. The van der Waals surface area contributed by atoms with Crippen molar-refractivity contribution in [3.63, 3.8) is 0 Å². The summed E-state index contributed by atoms with van der Waals surface area (Å²) in [4.78, 5) is 12.7. The molecule has 0 aliphatic carbocycles. The van der Waals surface area contributed by atoms with Crippen molar-refractivity contribution in [1.29, 1.82) is 0 Å². The van der Waals surface area contributed by atoms with Gasteiger partial charge in [-0.1, -0.05) is 0 Å². The lowest BCUT2D eigenvalue weighted by Crippen LogP contribution is -1.95. The van der Waals surface area contributed by atoms with Gasteiger partial charge in [0.1, 0.15) is 0 Å². The predicted octanol–water partition coefficient (Wildman–Crippen LogP) is 1.43. The molecule has 0 unspecified atom stereocenters. The van der Waals surface area contributed by atoms with Crippen molar-refractivity contribution in [3.05, 3.63) is 36.9 Å². The Kier molecular flexibility index (Phi) is 1.89. The Morgan fingerprint density at radius 2 is 1.94 bits per heavy atom. The molecule has 0 amide bonds. The number of aromatic nitrogens is 5. The minimum atomic E-state index is 0.693. The van der Waals surface area contributed by atoms with Crippen LogP contribution in [0.5, 0.6) is 0 Å². The second-order valence-corrected chi connectivity index (χ2v) is 3.48. The second-order valence-electron chi connectivity index (χ2n) is 3.48. The van der Waals surface area contributed by atoms with E-state index in [0.717, 1.165) is 16.6 Å². The lowest BCUT2D eigenvalue weighted by Gasteiger charge is -1.99. The number of fused-ring (bicyclic) bond motifs is 1. The van der Waals surface area contributed by atoms with Crippen LogP contribution in [0, 0.1) is 0 Å². The minimum absolute atomic E-state index is 0.693. The molecule has 5 heteroatoms. The topological polar surface area (TPSA) is 56.5 Å². The Hall–Kier alpha value is -2.30. The van der Waals surface area contributed by atoms with Gasteiger partial charge in [0.25, 0.3) is 0 Å². The van der Waals surface area contributed by atoms with Gasteiger partial charge >= 0.3 is 0 Å². The molecule has 78 valence electrons. The average Bonchev–Trinajstić information content (AvgIpc) is 2.72. The van der Waals surface area contributed by atoms with Crippen molar-refractivity contribution >= 4 is 11.0 Å². The first-order valence-corrected chi connectivity index (χ1v) is 4.90. The van der Waals surface area contributed by atoms with E-state index in [-0.39, 0.29) is 0 Å². The molecule has 0 aliphatic heterocycles. The fourth-order valence-corrected chi connectivity index (χ4v) is 1.58. The molecule has 5 nitrogen and oxygen atoms in total. The third-order valence-corrected chi connectivity index (χ3v) is 2.41. The van der Waals surface area contributed by atoms with Crippen LogP contribution in [0.4, 0.5) is 0 Å². The van der Waals surface area contributed by atoms with Gasteiger partial charge in [-0.3, -0.25) is 9.67 Å². The first-order chi connectivity index (χ1) is 7.84. The molecular weight excluding hydrogens is 202 g/mol. The fourth-order valence-electron chi connectivity index (χ4n) is 1.58. The van der Waals surface area contributed by atoms with Gasteiger partial charge in [-0.15, -0.1) is 0 Å². The van der Waals surface area contributed by atoms with Gasteiger partial charge in [0.15, 0.2) is 11.5 Å². The van der Waals surface area contributed by atoms with Gasteiger partial charge in [-0.25, -0.2) is 9.97 Å². The Balaban J connectivity index is 2.22. The lowest BCUT2D eigenvalue weighted by molar-refractivity contribution is 0.786. The van der Waals surface area contributed by atoms with Crippen LogP contribution in [0.2, 0.25) is 0 Å². The van der Waals surface area contributed by atoms with Crippen LogP contribution in [-0.4, -0.2) is 24.7 Å². The molecule has 16 heavy (non-hydrogen) atoms. The summed E-state index contributed by atoms with van der Waals surface area (Å²) in [6, 6.07) is 3.77.